The van der Waals surface area contributed by atoms with Crippen LogP contribution < -0.4 is 5.32 Å². The minimum absolute atomic E-state index is 0.146. The molecule has 3 rings (SSSR count). The molecule has 0 radical (unpaired) electrons. The molecule has 26 heavy (non-hydrogen) atoms. The number of rotatable bonds is 5. The standard InChI is InChI=1S/C21H21NO4/c1-14(23)18-8-4-5-9-19(18)22-20(24)13-26-21(25)17-11-10-15-6-2-3-7-16(15)12-17/h4-5,8-12H,2-3,6-7,13H2,1H3,(H,22,24). The monoisotopic (exact) mass is 351 g/mol. The number of ether oxygens (including phenoxy) is 1. The largest absolute Gasteiger partial charge is 0.452 e. The normalized spacial score (nSPS) is 12.8. The van der Waals surface area contributed by atoms with Gasteiger partial charge < -0.3 is 10.1 Å². The lowest BCUT2D eigenvalue weighted by Gasteiger charge is -2.16. The summed E-state index contributed by atoms with van der Waals surface area (Å²) < 4.78 is 5.12. The molecule has 0 aromatic heterocycles. The first-order chi connectivity index (χ1) is 12.5. The van der Waals surface area contributed by atoms with E-state index >= 15 is 0 Å². The van der Waals surface area contributed by atoms with Crippen molar-refractivity contribution in [1.82, 2.24) is 0 Å². The van der Waals surface area contributed by atoms with Gasteiger partial charge in [0, 0.05) is 5.56 Å². The van der Waals surface area contributed by atoms with Crippen LogP contribution in [-0.4, -0.2) is 24.3 Å². The third-order valence-electron chi connectivity index (χ3n) is 4.50. The van der Waals surface area contributed by atoms with Crippen LogP contribution in [0.15, 0.2) is 42.5 Å². The van der Waals surface area contributed by atoms with Gasteiger partial charge in [0.2, 0.25) is 0 Å². The van der Waals surface area contributed by atoms with Crippen molar-refractivity contribution in [2.75, 3.05) is 11.9 Å². The number of esters is 1. The third kappa shape index (κ3) is 4.17. The third-order valence-corrected chi connectivity index (χ3v) is 4.50. The Hall–Kier alpha value is -2.95. The van der Waals surface area contributed by atoms with Crippen LogP contribution in [0.1, 0.15) is 51.6 Å². The first-order valence-corrected chi connectivity index (χ1v) is 8.73. The Kier molecular flexibility index (Phi) is 5.46. The molecule has 0 fully saturated rings. The van der Waals surface area contributed by atoms with Crippen LogP contribution in [-0.2, 0) is 22.4 Å². The summed E-state index contributed by atoms with van der Waals surface area (Å²) in [4.78, 5) is 35.8. The Morgan fingerprint density at radius 2 is 1.73 bits per heavy atom. The molecule has 2 aromatic carbocycles. The molecule has 2 aromatic rings. The Balaban J connectivity index is 1.59. The maximum Gasteiger partial charge on any atom is 0.338 e. The quantitative estimate of drug-likeness (QED) is 0.660. The number of amides is 1. The zero-order valence-corrected chi connectivity index (χ0v) is 14.7. The molecule has 1 amide bonds. The van der Waals surface area contributed by atoms with E-state index in [0.717, 1.165) is 19.3 Å². The average Bonchev–Trinajstić information content (AvgIpc) is 2.66. The molecular formula is C21H21NO4. The zero-order chi connectivity index (χ0) is 18.5. The fraction of sp³-hybridized carbons (Fsp3) is 0.286. The number of ketones is 1. The smallest absolute Gasteiger partial charge is 0.338 e. The molecule has 0 unspecified atom stereocenters. The highest BCUT2D eigenvalue weighted by Gasteiger charge is 2.16. The van der Waals surface area contributed by atoms with Gasteiger partial charge in [-0.2, -0.15) is 0 Å². The van der Waals surface area contributed by atoms with E-state index in [1.807, 2.05) is 12.1 Å². The zero-order valence-electron chi connectivity index (χ0n) is 14.7. The lowest BCUT2D eigenvalue weighted by molar-refractivity contribution is -0.119. The molecule has 1 aliphatic rings. The molecule has 1 aliphatic carbocycles. The van der Waals surface area contributed by atoms with Gasteiger partial charge >= 0.3 is 5.97 Å². The van der Waals surface area contributed by atoms with Gasteiger partial charge in [-0.1, -0.05) is 18.2 Å². The SMILES string of the molecule is CC(=O)c1ccccc1NC(=O)COC(=O)c1ccc2c(c1)CCCC2. The lowest BCUT2D eigenvalue weighted by atomic mass is 9.90. The first-order valence-electron chi connectivity index (χ1n) is 8.73. The Labute approximate surface area is 152 Å². The minimum atomic E-state index is -0.520. The van der Waals surface area contributed by atoms with Crippen molar-refractivity contribution < 1.29 is 19.1 Å². The van der Waals surface area contributed by atoms with E-state index in [9.17, 15) is 14.4 Å². The summed E-state index contributed by atoms with van der Waals surface area (Å²) in [6.07, 6.45) is 4.32. The fourth-order valence-electron chi connectivity index (χ4n) is 3.16. The van der Waals surface area contributed by atoms with Gasteiger partial charge in [0.15, 0.2) is 12.4 Å². The highest BCUT2D eigenvalue weighted by molar-refractivity contribution is 6.04. The van der Waals surface area contributed by atoms with Crippen molar-refractivity contribution >= 4 is 23.3 Å². The number of carbonyl (C=O) groups is 3. The Bertz CT molecular complexity index is 857. The molecule has 0 saturated carbocycles. The Morgan fingerprint density at radius 1 is 1.00 bits per heavy atom. The highest BCUT2D eigenvalue weighted by atomic mass is 16.5. The summed E-state index contributed by atoms with van der Waals surface area (Å²) in [6.45, 7) is 1.03. The van der Waals surface area contributed by atoms with Crippen molar-refractivity contribution in [3.05, 3.63) is 64.7 Å². The number of Topliss-reactive ketones (excluding diaryl/α,β-unsaturated/α-hetero) is 1. The molecule has 0 spiro atoms. The second-order valence-corrected chi connectivity index (χ2v) is 6.42. The fourth-order valence-corrected chi connectivity index (χ4v) is 3.16. The lowest BCUT2D eigenvalue weighted by Crippen LogP contribution is -2.22. The molecular weight excluding hydrogens is 330 g/mol. The molecule has 0 saturated heterocycles. The number of hydrogen-bond donors (Lipinski definition) is 1. The summed E-state index contributed by atoms with van der Waals surface area (Å²) in [5.41, 5.74) is 3.76. The van der Waals surface area contributed by atoms with Gasteiger partial charge in [-0.3, -0.25) is 9.59 Å². The van der Waals surface area contributed by atoms with Crippen molar-refractivity contribution in [3.8, 4) is 0 Å². The van der Waals surface area contributed by atoms with E-state index in [1.165, 1.54) is 24.5 Å². The van der Waals surface area contributed by atoms with Gasteiger partial charge in [0.25, 0.3) is 5.91 Å². The molecule has 5 nitrogen and oxygen atoms in total. The van der Waals surface area contributed by atoms with Crippen LogP contribution >= 0.6 is 0 Å². The summed E-state index contributed by atoms with van der Waals surface area (Å²) >= 11 is 0. The van der Waals surface area contributed by atoms with Crippen LogP contribution in [0.25, 0.3) is 0 Å². The number of para-hydroxylation sites is 1. The topological polar surface area (TPSA) is 72.5 Å². The van der Waals surface area contributed by atoms with E-state index in [4.69, 9.17) is 4.74 Å². The number of benzene rings is 2. The molecule has 0 heterocycles. The van der Waals surface area contributed by atoms with Crippen molar-refractivity contribution in [2.24, 2.45) is 0 Å². The van der Waals surface area contributed by atoms with Gasteiger partial charge in [0.1, 0.15) is 0 Å². The van der Waals surface area contributed by atoms with Crippen molar-refractivity contribution in [2.45, 2.75) is 32.6 Å². The second-order valence-electron chi connectivity index (χ2n) is 6.42. The minimum Gasteiger partial charge on any atom is -0.452 e. The van der Waals surface area contributed by atoms with Crippen LogP contribution in [0.4, 0.5) is 5.69 Å². The van der Waals surface area contributed by atoms with Crippen LogP contribution in [0, 0.1) is 0 Å². The van der Waals surface area contributed by atoms with Gasteiger partial charge in [-0.05, 0) is 68.0 Å². The van der Waals surface area contributed by atoms with Crippen molar-refractivity contribution in [3.63, 3.8) is 0 Å². The maximum atomic E-state index is 12.2. The van der Waals surface area contributed by atoms with E-state index in [2.05, 4.69) is 5.32 Å². The van der Waals surface area contributed by atoms with Gasteiger partial charge in [-0.15, -0.1) is 0 Å². The summed E-state index contributed by atoms with van der Waals surface area (Å²) in [7, 11) is 0. The number of fused-ring (bicyclic) bond motifs is 1. The molecule has 1 N–H and O–H groups in total. The Morgan fingerprint density at radius 3 is 2.50 bits per heavy atom. The predicted octanol–water partition coefficient (Wildman–Crippen LogP) is 3.56. The van der Waals surface area contributed by atoms with Gasteiger partial charge in [-0.25, -0.2) is 4.79 Å². The van der Waals surface area contributed by atoms with Gasteiger partial charge in [0.05, 0.1) is 11.3 Å². The number of carbonyl (C=O) groups excluding carboxylic acids is 3. The van der Waals surface area contributed by atoms with E-state index in [-0.39, 0.29) is 5.78 Å². The second kappa shape index (κ2) is 7.95. The van der Waals surface area contributed by atoms with Crippen LogP contribution in [0.5, 0.6) is 0 Å². The van der Waals surface area contributed by atoms with Crippen LogP contribution in [0.3, 0.4) is 0 Å². The molecule has 0 atom stereocenters. The molecule has 0 aliphatic heterocycles. The number of anilines is 1. The number of nitrogens with one attached hydrogen (secondary N) is 1. The van der Waals surface area contributed by atoms with E-state index in [1.54, 1.807) is 30.3 Å². The first kappa shape index (κ1) is 17.9. The average molecular weight is 351 g/mol. The molecule has 134 valence electrons. The van der Waals surface area contributed by atoms with E-state index in [0.29, 0.717) is 16.8 Å². The number of hydrogen-bond acceptors (Lipinski definition) is 4. The highest BCUT2D eigenvalue weighted by Crippen LogP contribution is 2.22. The van der Waals surface area contributed by atoms with Crippen molar-refractivity contribution in [1.29, 1.82) is 0 Å². The molecule has 0 bridgehead atoms. The molecule has 5 heteroatoms. The number of aryl methyl sites for hydroxylation is 2. The maximum absolute atomic E-state index is 12.2. The predicted molar refractivity (Wildman–Crippen MR) is 98.4 cm³/mol. The van der Waals surface area contributed by atoms with Crippen LogP contribution in [0.2, 0.25) is 0 Å². The van der Waals surface area contributed by atoms with E-state index < -0.39 is 18.5 Å². The summed E-state index contributed by atoms with van der Waals surface area (Å²) in [5, 5.41) is 2.61. The summed E-state index contributed by atoms with van der Waals surface area (Å²) in [5.74, 6) is -1.15. The summed E-state index contributed by atoms with van der Waals surface area (Å²) in [6, 6.07) is 12.3.